The Hall–Kier alpha value is -15.1. The van der Waals surface area contributed by atoms with Crippen molar-refractivity contribution in [2.75, 3.05) is 9.80 Å². The normalized spacial score (nSPS) is 14.4. The third-order valence-electron chi connectivity index (χ3n) is 23.4. The van der Waals surface area contributed by atoms with Gasteiger partial charge in [-0.3, -0.25) is 0 Å². The van der Waals surface area contributed by atoms with Crippen LogP contribution in [-0.2, 0) is 10.8 Å². The topological polar surface area (TPSA) is 51.2 Å². The average Bonchev–Trinajstić information content (AvgIpc) is 1.54. The van der Waals surface area contributed by atoms with E-state index in [-0.39, 0.29) is 11.6 Å². The maximum atomic E-state index is 15.3. The van der Waals surface area contributed by atoms with Gasteiger partial charge in [0.2, 0.25) is 0 Å². The molecular weight excluding hydrogens is 1430 g/mol. The highest BCUT2D eigenvalue weighted by atomic mass is 19.1. The lowest BCUT2D eigenvalue weighted by Crippen LogP contribution is -2.28. The van der Waals surface area contributed by atoms with E-state index in [1.807, 2.05) is 133 Å². The maximum Gasteiger partial charge on any atom is 0.135 e. The first-order chi connectivity index (χ1) is 57.1. The summed E-state index contributed by atoms with van der Waals surface area (Å²) in [4.78, 5) is 4.66. The lowest BCUT2D eigenvalue weighted by Gasteiger charge is -2.35. The first-order valence-electron chi connectivity index (χ1n) is 38.9. The second kappa shape index (κ2) is 28.0. The highest BCUT2D eigenvalue weighted by Crippen LogP contribution is 2.60. The molecule has 550 valence electrons. The number of para-hydroxylation sites is 2. The summed E-state index contributed by atoms with van der Waals surface area (Å²) in [7, 11) is 0. The first-order valence-corrected chi connectivity index (χ1v) is 38.9. The zero-order chi connectivity index (χ0) is 77.6. The lowest BCUT2D eigenvalue weighted by atomic mass is 9.67. The fraction of sp³-hybridized carbons (Fsp3) is 0.0185. The minimum Gasteiger partial charge on any atom is -0.457 e. The van der Waals surface area contributed by atoms with Gasteiger partial charge in [0.15, 0.2) is 0 Å². The molecule has 2 aliphatic rings. The Morgan fingerprint density at radius 3 is 0.905 bits per heavy atom. The van der Waals surface area contributed by atoms with Crippen LogP contribution < -0.4 is 19.3 Å². The van der Waals surface area contributed by atoms with Crippen LogP contribution in [0.4, 0.5) is 42.9 Å². The van der Waals surface area contributed by atoms with Gasteiger partial charge in [-0.05, 0) is 270 Å². The molecule has 0 bridgehead atoms. The molecule has 0 fully saturated rings. The summed E-state index contributed by atoms with van der Waals surface area (Å²) in [5.74, 6) is 2.21. The fourth-order valence-corrected chi connectivity index (χ4v) is 18.0. The maximum absolute atomic E-state index is 15.3. The number of nitrogens with zero attached hydrogens (tertiary/aromatic N) is 2. The smallest absolute Gasteiger partial charge is 0.135 e. The Morgan fingerprint density at radius 2 is 0.534 bits per heavy atom. The van der Waals surface area contributed by atoms with Gasteiger partial charge < -0.3 is 28.1 Å². The third-order valence-corrected chi connectivity index (χ3v) is 23.4. The molecule has 21 rings (SSSR count). The number of benzene rings is 17. The molecule has 2 aromatic heterocycles. The van der Waals surface area contributed by atoms with E-state index in [0.29, 0.717) is 11.5 Å². The van der Waals surface area contributed by atoms with Crippen molar-refractivity contribution in [1.82, 2.24) is 0 Å². The lowest BCUT2D eigenvalue weighted by molar-refractivity contribution is 0.482. The minimum atomic E-state index is -0.867. The van der Waals surface area contributed by atoms with Crippen molar-refractivity contribution in [2.24, 2.45) is 0 Å². The Bertz CT molecular complexity index is 6610. The van der Waals surface area contributed by atoms with Gasteiger partial charge in [0.1, 0.15) is 57.0 Å². The summed E-state index contributed by atoms with van der Waals surface area (Å²) >= 11 is 0. The molecule has 2 heterocycles. The third kappa shape index (κ3) is 11.5. The van der Waals surface area contributed by atoms with Crippen molar-refractivity contribution in [3.8, 4) is 67.5 Å². The van der Waals surface area contributed by atoms with Crippen LogP contribution in [-0.4, -0.2) is 0 Å². The zero-order valence-corrected chi connectivity index (χ0v) is 62.8. The summed E-state index contributed by atoms with van der Waals surface area (Å²) < 4.78 is 56.3. The van der Waals surface area contributed by atoms with Gasteiger partial charge in [-0.25, -0.2) is 8.78 Å². The number of furan rings is 2. The number of ether oxygens (including phenoxy) is 2. The largest absolute Gasteiger partial charge is 0.457 e. The zero-order valence-electron chi connectivity index (χ0n) is 62.8. The van der Waals surface area contributed by atoms with Crippen LogP contribution in [0.5, 0.6) is 23.0 Å². The van der Waals surface area contributed by atoms with Crippen LogP contribution in [0.15, 0.2) is 410 Å². The van der Waals surface area contributed by atoms with E-state index in [4.69, 9.17) is 18.3 Å². The number of hydrogen-bond donors (Lipinski definition) is 0. The van der Waals surface area contributed by atoms with Crippen molar-refractivity contribution in [1.29, 1.82) is 0 Å². The standard InChI is InChI=1S/C108H70F2N2O4/c1-3-69-21-53-87(54-22-69)113-89-57-37-77(38-58-89)107(75-33-41-79(109)42-34-75)99-17-9-5-13-91(99)93-61-49-85(67-101(93)107)111(83-51-63-105-97(65-83)95-15-7-11-19-103(95)115-105)81-45-29-73(30-46-81)71-25-27-72(28-26-71)74-31-47-82(48-32-74)112(84-52-64-106-98(66-84)96-16-8-12-20-104(96)116-106)86-50-62-94-92-14-6-10-18-100(92)108(102(94)68-86,76-35-43-80(110)44-36-76)78-39-59-90(60-40-78)114-88-55-23-70(4-2)24-56-88/h3-68H,1-2H2. The molecule has 0 saturated carbocycles. The van der Waals surface area contributed by atoms with Crippen LogP contribution >= 0.6 is 0 Å². The second-order valence-electron chi connectivity index (χ2n) is 29.8. The van der Waals surface area contributed by atoms with Crippen LogP contribution in [0.2, 0.25) is 0 Å². The number of rotatable bonds is 18. The van der Waals surface area contributed by atoms with Gasteiger partial charge in [-0.1, -0.05) is 244 Å². The van der Waals surface area contributed by atoms with E-state index in [9.17, 15) is 0 Å². The van der Waals surface area contributed by atoms with Gasteiger partial charge in [0.05, 0.1) is 10.8 Å². The van der Waals surface area contributed by atoms with Crippen LogP contribution in [0, 0.1) is 11.6 Å². The van der Waals surface area contributed by atoms with Crippen molar-refractivity contribution < 1.29 is 27.1 Å². The summed E-state index contributed by atoms with van der Waals surface area (Å²) in [6.07, 6.45) is 3.63. The molecule has 2 unspecified atom stereocenters. The molecule has 0 aliphatic heterocycles. The Balaban J connectivity index is 0.636. The van der Waals surface area contributed by atoms with Gasteiger partial charge in [0.25, 0.3) is 0 Å². The molecule has 0 saturated heterocycles. The summed E-state index contributed by atoms with van der Waals surface area (Å²) in [5.41, 5.74) is 26.1. The molecule has 2 atom stereocenters. The average molecular weight is 1500 g/mol. The number of halogens is 2. The molecule has 8 heteroatoms. The van der Waals surface area contributed by atoms with Gasteiger partial charge >= 0.3 is 0 Å². The first kappa shape index (κ1) is 68.9. The summed E-state index contributed by atoms with van der Waals surface area (Å²) in [6.45, 7) is 7.84. The van der Waals surface area contributed by atoms with Crippen molar-refractivity contribution in [3.63, 3.8) is 0 Å². The van der Waals surface area contributed by atoms with E-state index in [1.54, 1.807) is 24.3 Å². The highest BCUT2D eigenvalue weighted by Gasteiger charge is 2.48. The van der Waals surface area contributed by atoms with Gasteiger partial charge in [-0.2, -0.15) is 0 Å². The van der Waals surface area contributed by atoms with E-state index in [1.165, 1.54) is 0 Å². The van der Waals surface area contributed by atoms with Gasteiger partial charge in [-0.15, -0.1) is 0 Å². The predicted octanol–water partition coefficient (Wildman–Crippen LogP) is 29.6. The van der Waals surface area contributed by atoms with Gasteiger partial charge in [0, 0.05) is 55.7 Å². The van der Waals surface area contributed by atoms with Crippen molar-refractivity contribution >= 4 is 90.2 Å². The number of hydrogen-bond acceptors (Lipinski definition) is 6. The van der Waals surface area contributed by atoms with Crippen molar-refractivity contribution in [3.05, 3.63) is 469 Å². The number of fused-ring (bicyclic) bond motifs is 12. The Morgan fingerprint density at radius 1 is 0.250 bits per heavy atom. The van der Waals surface area contributed by atoms with Crippen LogP contribution in [0.25, 0.3) is 101 Å². The number of anilines is 6. The molecular formula is C108H70F2N2O4. The van der Waals surface area contributed by atoms with E-state index < -0.39 is 10.8 Å². The Labute approximate surface area is 669 Å². The van der Waals surface area contributed by atoms with Crippen molar-refractivity contribution in [2.45, 2.75) is 10.8 Å². The molecule has 0 N–H and O–H groups in total. The van der Waals surface area contributed by atoms with Crippen LogP contribution in [0.1, 0.15) is 55.6 Å². The minimum absolute atomic E-state index is 0.306. The molecule has 116 heavy (non-hydrogen) atoms. The summed E-state index contributed by atoms with van der Waals surface area (Å²) in [6, 6.07) is 133. The van der Waals surface area contributed by atoms with E-state index in [2.05, 4.69) is 266 Å². The predicted molar refractivity (Wildman–Crippen MR) is 469 cm³/mol. The molecule has 0 radical (unpaired) electrons. The molecule has 17 aromatic carbocycles. The second-order valence-corrected chi connectivity index (χ2v) is 29.8. The SMILES string of the molecule is C=Cc1ccc(Oc2ccc(C3(c4ccc(F)cc4)c4ccccc4-c4ccc(N(c5ccc(-c6ccc(-c7ccc(N(c8ccc9c(c8)C(c8ccc(F)cc8)(c8ccc(Oc%10ccc(C=C)cc%10)cc8)c8ccccc8-9)c8ccc9oc%10ccccc%10c9c8)cc7)cc6)cc5)c5ccc6oc7ccccc7c6c5)cc43)cc2)cc1. The molecule has 0 spiro atoms. The summed E-state index contributed by atoms with van der Waals surface area (Å²) in [5, 5.41) is 4.09. The molecule has 2 aliphatic carbocycles. The van der Waals surface area contributed by atoms with E-state index >= 15 is 8.78 Å². The molecule has 0 amide bonds. The fourth-order valence-electron chi connectivity index (χ4n) is 18.0. The molecule has 19 aromatic rings. The van der Waals surface area contributed by atoms with Crippen LogP contribution in [0.3, 0.4) is 0 Å². The quantitative estimate of drug-likeness (QED) is 0.0853. The Kier molecular flexibility index (Phi) is 16.6. The van der Waals surface area contributed by atoms with E-state index in [0.717, 1.165) is 190 Å². The monoisotopic (exact) mass is 1500 g/mol. The highest BCUT2D eigenvalue weighted by molar-refractivity contribution is 6.08. The molecule has 6 nitrogen and oxygen atoms in total.